The first kappa shape index (κ1) is 33.8. The number of aliphatic carboxylic acids is 1. The third-order valence-electron chi connectivity index (χ3n) is 6.37. The molecule has 0 atom stereocenters. The molecule has 0 aliphatic heterocycles. The van der Waals surface area contributed by atoms with Gasteiger partial charge in [-0.05, 0) is 79.7 Å². The summed E-state index contributed by atoms with van der Waals surface area (Å²) in [5, 5.41) is 17.5. The molecule has 0 saturated carbocycles. The van der Waals surface area contributed by atoms with Crippen molar-refractivity contribution in [1.29, 1.82) is 0 Å². The largest absolute Gasteiger partial charge is 0.550 e. The van der Waals surface area contributed by atoms with Crippen LogP contribution in [0.4, 0.5) is 0 Å². The molecule has 0 radical (unpaired) electrons. The quantitative estimate of drug-likeness (QED) is 0.180. The van der Waals surface area contributed by atoms with E-state index in [0.29, 0.717) is 0 Å². The number of carboxylic acids is 1. The van der Waals surface area contributed by atoms with E-state index in [2.05, 4.69) is 182 Å². The summed E-state index contributed by atoms with van der Waals surface area (Å²) in [5.74, 6) is -1.08. The zero-order valence-electron chi connectivity index (χ0n) is 24.0. The fourth-order valence-electron chi connectivity index (χ4n) is 4.63. The molecule has 0 fully saturated rings. The number of carboxylic acid groups (broad SMARTS) is 1. The number of carbonyl (C=O) groups is 1. The maximum Gasteiger partial charge on any atom is 0.102 e. The Morgan fingerprint density at radius 2 is 0.488 bits per heavy atom. The van der Waals surface area contributed by atoms with Crippen LogP contribution < -0.4 is 36.9 Å². The van der Waals surface area contributed by atoms with E-state index >= 15 is 0 Å². The van der Waals surface area contributed by atoms with E-state index in [1.807, 2.05) is 0 Å². The SMILES string of the molecule is CC(=O)[O-].[Pd].c1ccc([PH+](c2ccccc2)c2ccccc2)cc1.c1ccc([PH+](c2ccccc2)c2ccccc2)cc1. The van der Waals surface area contributed by atoms with Gasteiger partial charge in [-0.25, -0.2) is 0 Å². The predicted octanol–water partition coefficient (Wildman–Crippen LogP) is 5.11. The minimum atomic E-state index is -1.08. The molecule has 0 aromatic heterocycles. The second kappa shape index (κ2) is 18.8. The van der Waals surface area contributed by atoms with Crippen LogP contribution in [0.25, 0.3) is 0 Å². The van der Waals surface area contributed by atoms with Crippen molar-refractivity contribution in [3.05, 3.63) is 182 Å². The minimum absolute atomic E-state index is 0. The maximum atomic E-state index is 8.89. The molecule has 0 amide bonds. The standard InChI is InChI=1S/2C18H15P.C2H4O2.Pd/c2*1-4-10-16(11-5-1)19(17-12-6-2-7-13-17)18-14-8-3-9-15-18;1-2(3)4;/h2*1-15H;1H3,(H,3,4);/p+1. The van der Waals surface area contributed by atoms with Crippen molar-refractivity contribution in [1.82, 2.24) is 0 Å². The van der Waals surface area contributed by atoms with Gasteiger partial charge in [0.25, 0.3) is 0 Å². The molecule has 0 aliphatic rings. The zero-order valence-corrected chi connectivity index (χ0v) is 27.5. The summed E-state index contributed by atoms with van der Waals surface area (Å²) in [6.07, 6.45) is 0. The van der Waals surface area contributed by atoms with Gasteiger partial charge in [0.2, 0.25) is 0 Å². The van der Waals surface area contributed by atoms with E-state index in [9.17, 15) is 0 Å². The Kier molecular flexibility index (Phi) is 14.8. The van der Waals surface area contributed by atoms with Gasteiger partial charge in [0.05, 0.1) is 15.8 Å². The molecule has 0 unspecified atom stereocenters. The van der Waals surface area contributed by atoms with Crippen LogP contribution in [0.1, 0.15) is 6.92 Å². The van der Waals surface area contributed by atoms with E-state index in [1.54, 1.807) is 0 Å². The van der Waals surface area contributed by atoms with Crippen LogP contribution in [0.2, 0.25) is 0 Å². The molecule has 0 spiro atoms. The van der Waals surface area contributed by atoms with Gasteiger partial charge < -0.3 is 9.90 Å². The Labute approximate surface area is 271 Å². The number of hydrogen-bond acceptors (Lipinski definition) is 2. The average Bonchev–Trinajstić information content (AvgIpc) is 3.05. The first-order chi connectivity index (χ1) is 20.6. The summed E-state index contributed by atoms with van der Waals surface area (Å²) in [6, 6.07) is 65.0. The topological polar surface area (TPSA) is 40.1 Å². The van der Waals surface area contributed by atoms with Crippen molar-refractivity contribution in [2.75, 3.05) is 0 Å². The molecule has 0 saturated heterocycles. The van der Waals surface area contributed by atoms with Gasteiger partial charge in [0.15, 0.2) is 0 Å². The van der Waals surface area contributed by atoms with Crippen molar-refractivity contribution >= 4 is 53.6 Å². The second-order valence-electron chi connectivity index (χ2n) is 9.44. The smallest absolute Gasteiger partial charge is 0.102 e. The summed E-state index contributed by atoms with van der Waals surface area (Å²) < 4.78 is 0. The predicted molar refractivity (Wildman–Crippen MR) is 184 cm³/mol. The van der Waals surface area contributed by atoms with Gasteiger partial charge in [-0.1, -0.05) is 109 Å². The first-order valence-electron chi connectivity index (χ1n) is 13.9. The monoisotopic (exact) mass is 691 g/mol. The van der Waals surface area contributed by atoms with Crippen LogP contribution in [0.3, 0.4) is 0 Å². The summed E-state index contributed by atoms with van der Waals surface area (Å²) in [5.41, 5.74) is 0. The third kappa shape index (κ3) is 10.8. The van der Waals surface area contributed by atoms with Crippen LogP contribution in [0.5, 0.6) is 0 Å². The Hall–Kier alpha value is -3.69. The normalized spacial score (nSPS) is 9.93. The molecule has 0 bridgehead atoms. The average molecular weight is 692 g/mol. The van der Waals surface area contributed by atoms with Crippen molar-refractivity contribution in [2.24, 2.45) is 0 Å². The first-order valence-corrected chi connectivity index (χ1v) is 16.9. The molecule has 218 valence electrons. The van der Waals surface area contributed by atoms with E-state index in [1.165, 1.54) is 31.8 Å². The molecule has 43 heavy (non-hydrogen) atoms. The van der Waals surface area contributed by atoms with Crippen molar-refractivity contribution in [3.63, 3.8) is 0 Å². The van der Waals surface area contributed by atoms with Gasteiger partial charge >= 0.3 is 0 Å². The Morgan fingerprint density at radius 1 is 0.372 bits per heavy atom. The molecule has 0 N–H and O–H groups in total. The van der Waals surface area contributed by atoms with Crippen LogP contribution in [-0.4, -0.2) is 5.97 Å². The molecular weight excluding hydrogens is 657 g/mol. The van der Waals surface area contributed by atoms with Crippen LogP contribution >= 0.6 is 15.8 Å². The summed E-state index contributed by atoms with van der Waals surface area (Å²) >= 11 is 0. The van der Waals surface area contributed by atoms with Gasteiger partial charge in [0, 0.05) is 26.4 Å². The Balaban J connectivity index is 0.000000206. The molecule has 6 rings (SSSR count). The Bertz CT molecular complexity index is 1280. The summed E-state index contributed by atoms with van der Waals surface area (Å²) in [6.45, 7) is 0.972. The number of carbonyl (C=O) groups excluding carboxylic acids is 1. The number of rotatable bonds is 6. The second-order valence-corrected chi connectivity index (χ2v) is 14.4. The molecule has 2 nitrogen and oxygen atoms in total. The number of hydrogen-bond donors (Lipinski definition) is 0. The fourth-order valence-corrected chi connectivity index (χ4v) is 9.78. The number of benzene rings is 6. The van der Waals surface area contributed by atoms with Crippen molar-refractivity contribution in [3.8, 4) is 0 Å². The molecule has 6 aromatic rings. The molecule has 0 aliphatic carbocycles. The van der Waals surface area contributed by atoms with Gasteiger partial charge in [0.1, 0.15) is 31.8 Å². The molecule has 6 aromatic carbocycles. The van der Waals surface area contributed by atoms with E-state index in [-0.39, 0.29) is 20.4 Å². The fraction of sp³-hybridized carbons (Fsp3) is 0.0263. The maximum absolute atomic E-state index is 8.89. The van der Waals surface area contributed by atoms with Gasteiger partial charge in [-0.15, -0.1) is 0 Å². The zero-order chi connectivity index (χ0) is 29.4. The van der Waals surface area contributed by atoms with Crippen LogP contribution in [0, 0.1) is 0 Å². The van der Waals surface area contributed by atoms with E-state index in [0.717, 1.165) is 6.92 Å². The molecule has 5 heteroatoms. The van der Waals surface area contributed by atoms with Crippen molar-refractivity contribution in [2.45, 2.75) is 6.92 Å². The van der Waals surface area contributed by atoms with Gasteiger partial charge in [-0.3, -0.25) is 0 Å². The molecule has 0 heterocycles. The Morgan fingerprint density at radius 3 is 0.605 bits per heavy atom. The summed E-state index contributed by atoms with van der Waals surface area (Å²) in [4.78, 5) is 8.89. The molecular formula is C38H35O2P2Pd+. The van der Waals surface area contributed by atoms with Crippen LogP contribution in [0.15, 0.2) is 182 Å². The third-order valence-corrected chi connectivity index (χ3v) is 11.8. The van der Waals surface area contributed by atoms with Gasteiger partial charge in [-0.2, -0.15) is 0 Å². The van der Waals surface area contributed by atoms with Crippen LogP contribution in [-0.2, 0) is 25.2 Å². The van der Waals surface area contributed by atoms with E-state index < -0.39 is 21.8 Å². The minimum Gasteiger partial charge on any atom is -0.550 e. The van der Waals surface area contributed by atoms with E-state index in [4.69, 9.17) is 9.90 Å². The summed E-state index contributed by atoms with van der Waals surface area (Å²) in [7, 11) is -1.75. The van der Waals surface area contributed by atoms with Crippen molar-refractivity contribution < 1.29 is 30.3 Å².